The van der Waals surface area contributed by atoms with E-state index in [2.05, 4.69) is 23.8 Å². The maximum Gasteiger partial charge on any atom is 0.248 e. The molecular formula is C9H15N3O2. The van der Waals surface area contributed by atoms with Gasteiger partial charge in [-0.2, -0.15) is 0 Å². The van der Waals surface area contributed by atoms with Crippen molar-refractivity contribution in [1.82, 2.24) is 4.57 Å². The minimum atomic E-state index is -1.22. The highest BCUT2D eigenvalue weighted by atomic mass is 16.4. The molecule has 1 aromatic rings. The first-order chi connectivity index (χ1) is 6.63. The smallest absolute Gasteiger partial charge is 0.248 e. The normalized spacial score (nSPS) is 8.71. The maximum atomic E-state index is 9.13. The van der Waals surface area contributed by atoms with Gasteiger partial charge in [0.15, 0.2) is 0 Å². The predicted octanol–water partition coefficient (Wildman–Crippen LogP) is -1.41. The monoisotopic (exact) mass is 197 g/mol. The van der Waals surface area contributed by atoms with Gasteiger partial charge in [-0.15, -0.1) is 0 Å². The van der Waals surface area contributed by atoms with Crippen LogP contribution in [0.3, 0.4) is 0 Å². The van der Waals surface area contributed by atoms with Crippen molar-refractivity contribution >= 4 is 12.2 Å². The molecule has 0 amide bonds. The zero-order chi connectivity index (χ0) is 11.0. The number of hydrogen-bond acceptors (Lipinski definition) is 3. The van der Waals surface area contributed by atoms with E-state index in [4.69, 9.17) is 9.90 Å². The van der Waals surface area contributed by atoms with Crippen molar-refractivity contribution in [1.29, 1.82) is 0 Å². The summed E-state index contributed by atoms with van der Waals surface area (Å²) in [6, 6.07) is 0. The number of aliphatic carboxylic acids is 1. The summed E-state index contributed by atoms with van der Waals surface area (Å²) in [6.07, 6.45) is 7.75. The Morgan fingerprint density at radius 1 is 1.79 bits per heavy atom. The molecule has 0 aliphatic rings. The summed E-state index contributed by atoms with van der Waals surface area (Å²) in [5, 5.41) is 9.13. The van der Waals surface area contributed by atoms with E-state index in [9.17, 15) is 0 Å². The van der Waals surface area contributed by atoms with Gasteiger partial charge in [0.2, 0.25) is 6.33 Å². The molecule has 1 rings (SSSR count). The van der Waals surface area contributed by atoms with Crippen LogP contribution >= 0.6 is 0 Å². The summed E-state index contributed by atoms with van der Waals surface area (Å²) in [6.45, 7) is 6.36. The Hall–Kier alpha value is -1.62. The number of rotatable bonds is 3. The molecule has 0 saturated heterocycles. The van der Waals surface area contributed by atoms with Gasteiger partial charge in [-0.1, -0.05) is 6.58 Å². The Bertz CT molecular complexity index is 294. The minimum Gasteiger partial charge on any atom is -0.549 e. The van der Waals surface area contributed by atoms with Crippen LogP contribution < -0.4 is 15.4 Å². The van der Waals surface area contributed by atoms with Crippen LogP contribution in [0.25, 0.3) is 6.20 Å². The Morgan fingerprint density at radius 3 is 2.57 bits per heavy atom. The van der Waals surface area contributed by atoms with Crippen LogP contribution in [0, 0.1) is 0 Å². The number of carboxylic acid groups (broad SMARTS) is 1. The zero-order valence-corrected chi connectivity index (χ0v) is 8.22. The van der Waals surface area contributed by atoms with Crippen LogP contribution in [0.5, 0.6) is 0 Å². The van der Waals surface area contributed by atoms with Crippen LogP contribution in [-0.2, 0) is 11.3 Å². The van der Waals surface area contributed by atoms with Crippen LogP contribution in [0.1, 0.15) is 6.92 Å². The van der Waals surface area contributed by atoms with Crippen LogP contribution in [0.15, 0.2) is 25.3 Å². The Labute approximate surface area is 83.1 Å². The van der Waals surface area contributed by atoms with Gasteiger partial charge in [-0.05, 0) is 6.92 Å². The van der Waals surface area contributed by atoms with E-state index in [-0.39, 0.29) is 6.54 Å². The van der Waals surface area contributed by atoms with Crippen molar-refractivity contribution in [2.45, 2.75) is 13.5 Å². The van der Waals surface area contributed by atoms with Crippen LogP contribution in [-0.4, -0.2) is 17.1 Å². The lowest BCUT2D eigenvalue weighted by Gasteiger charge is -1.87. The number of carbonyl (C=O) groups excluding carboxylic acids is 1. The largest absolute Gasteiger partial charge is 0.549 e. The molecule has 0 aliphatic carbocycles. The molecule has 0 radical (unpaired) electrons. The molecule has 0 fully saturated rings. The highest BCUT2D eigenvalue weighted by Gasteiger charge is 1.94. The number of aromatic nitrogens is 2. The molecule has 1 heterocycles. The molecule has 0 bridgehead atoms. The summed E-state index contributed by atoms with van der Waals surface area (Å²) in [5.41, 5.74) is 4.51. The molecule has 0 saturated carbocycles. The number of imidazole rings is 1. The number of hydrogen-bond donors (Lipinski definition) is 1. The molecule has 78 valence electrons. The number of aryl methyl sites for hydroxylation is 1. The lowest BCUT2D eigenvalue weighted by atomic mass is 10.7. The third-order valence-electron chi connectivity index (χ3n) is 1.45. The topological polar surface area (TPSA) is 75.0 Å². The first-order valence-corrected chi connectivity index (χ1v) is 4.23. The zero-order valence-electron chi connectivity index (χ0n) is 8.22. The van der Waals surface area contributed by atoms with E-state index >= 15 is 0 Å². The second-order valence-corrected chi connectivity index (χ2v) is 2.45. The van der Waals surface area contributed by atoms with Gasteiger partial charge in [0.25, 0.3) is 0 Å². The van der Waals surface area contributed by atoms with Crippen molar-refractivity contribution in [3.05, 3.63) is 25.3 Å². The lowest BCUT2D eigenvalue weighted by Crippen LogP contribution is -2.30. The third kappa shape index (κ3) is 5.10. The fraction of sp³-hybridized carbons (Fsp3) is 0.333. The predicted molar refractivity (Wildman–Crippen MR) is 50.7 cm³/mol. The van der Waals surface area contributed by atoms with Gasteiger partial charge >= 0.3 is 0 Å². The van der Waals surface area contributed by atoms with Crippen molar-refractivity contribution in [3.63, 3.8) is 0 Å². The van der Waals surface area contributed by atoms with E-state index in [1.807, 2.05) is 23.3 Å². The SMILES string of the molecule is C=Cn1cc[n+](CC)c1.NCC(=O)[O-]. The van der Waals surface area contributed by atoms with Crippen LogP contribution in [0.4, 0.5) is 0 Å². The van der Waals surface area contributed by atoms with E-state index < -0.39 is 5.97 Å². The molecule has 5 nitrogen and oxygen atoms in total. The summed E-state index contributed by atoms with van der Waals surface area (Å²) >= 11 is 0. The minimum absolute atomic E-state index is 0.389. The standard InChI is InChI=1S/C7H11N2.C2H5NO2/c1-3-8-5-6-9(4-2)7-8;3-1-2(4)5/h3,5-7H,1,4H2,2H3;1,3H2,(H,4,5)/q+1;/p-1. The van der Waals surface area contributed by atoms with E-state index in [1.54, 1.807) is 6.20 Å². The van der Waals surface area contributed by atoms with Gasteiger partial charge in [0, 0.05) is 6.54 Å². The second-order valence-electron chi connectivity index (χ2n) is 2.45. The number of carbonyl (C=O) groups is 1. The average molecular weight is 197 g/mol. The summed E-state index contributed by atoms with van der Waals surface area (Å²) in [5.74, 6) is -1.22. The Kier molecular flexibility index (Phi) is 6.06. The number of nitrogens with zero attached hydrogens (tertiary/aromatic N) is 2. The van der Waals surface area contributed by atoms with Crippen molar-refractivity contribution in [3.8, 4) is 0 Å². The van der Waals surface area contributed by atoms with E-state index in [0.717, 1.165) is 6.54 Å². The van der Waals surface area contributed by atoms with E-state index in [1.165, 1.54) is 0 Å². The average Bonchev–Trinajstić information content (AvgIpc) is 2.66. The summed E-state index contributed by atoms with van der Waals surface area (Å²) in [4.78, 5) is 9.13. The molecule has 0 atom stereocenters. The molecule has 5 heteroatoms. The van der Waals surface area contributed by atoms with Gasteiger partial charge in [-0.25, -0.2) is 9.13 Å². The third-order valence-corrected chi connectivity index (χ3v) is 1.45. The quantitative estimate of drug-likeness (QED) is 0.605. The molecule has 2 N–H and O–H groups in total. The molecule has 1 aromatic heterocycles. The van der Waals surface area contributed by atoms with Crippen molar-refractivity contribution in [2.75, 3.05) is 6.54 Å². The molecule has 0 unspecified atom stereocenters. The summed E-state index contributed by atoms with van der Waals surface area (Å²) in [7, 11) is 0. The van der Waals surface area contributed by atoms with Gasteiger partial charge in [-0.3, -0.25) is 0 Å². The molecule has 0 spiro atoms. The molecule has 0 aromatic carbocycles. The lowest BCUT2D eigenvalue weighted by molar-refractivity contribution is -0.692. The van der Waals surface area contributed by atoms with Gasteiger partial charge in [0.1, 0.15) is 12.4 Å². The molecular weight excluding hydrogens is 182 g/mol. The first kappa shape index (κ1) is 12.4. The molecule has 14 heavy (non-hydrogen) atoms. The Balaban J connectivity index is 0.000000292. The first-order valence-electron chi connectivity index (χ1n) is 4.23. The van der Waals surface area contributed by atoms with Gasteiger partial charge < -0.3 is 15.6 Å². The van der Waals surface area contributed by atoms with Crippen molar-refractivity contribution in [2.24, 2.45) is 5.73 Å². The Morgan fingerprint density at radius 2 is 2.36 bits per heavy atom. The van der Waals surface area contributed by atoms with Crippen molar-refractivity contribution < 1.29 is 14.5 Å². The van der Waals surface area contributed by atoms with Crippen LogP contribution in [0.2, 0.25) is 0 Å². The highest BCUT2D eigenvalue weighted by molar-refractivity contribution is 5.66. The molecule has 0 aliphatic heterocycles. The maximum absolute atomic E-state index is 9.13. The second kappa shape index (κ2) is 6.85. The fourth-order valence-corrected chi connectivity index (χ4v) is 0.706. The summed E-state index contributed by atoms with van der Waals surface area (Å²) < 4.78 is 4.01. The number of nitrogens with two attached hydrogens (primary N) is 1. The highest BCUT2D eigenvalue weighted by Crippen LogP contribution is 1.81. The fourth-order valence-electron chi connectivity index (χ4n) is 0.706. The number of carboxylic acids is 1. The van der Waals surface area contributed by atoms with E-state index in [0.29, 0.717) is 0 Å². The van der Waals surface area contributed by atoms with Gasteiger partial charge in [0.05, 0.1) is 18.7 Å².